The number of pyridine rings is 2. The van der Waals surface area contributed by atoms with Crippen molar-refractivity contribution in [1.82, 2.24) is 14.9 Å². The highest BCUT2D eigenvalue weighted by molar-refractivity contribution is 5.80. The fraction of sp³-hybridized carbons (Fsp3) is 0.300. The second-order valence-corrected chi connectivity index (χ2v) is 6.24. The first kappa shape index (κ1) is 15.1. The predicted molar refractivity (Wildman–Crippen MR) is 95.2 cm³/mol. The lowest BCUT2D eigenvalue weighted by Gasteiger charge is -2.38. The van der Waals surface area contributed by atoms with Crippen LogP contribution in [0.2, 0.25) is 0 Å². The Bertz CT molecular complexity index is 829. The van der Waals surface area contributed by atoms with Crippen molar-refractivity contribution in [2.45, 2.75) is 19.4 Å². The lowest BCUT2D eigenvalue weighted by molar-refractivity contribution is 0.135. The molecule has 4 nitrogen and oxygen atoms in total. The summed E-state index contributed by atoms with van der Waals surface area (Å²) in [6, 6.07) is 16.5. The van der Waals surface area contributed by atoms with Gasteiger partial charge in [0, 0.05) is 42.8 Å². The molecule has 4 heteroatoms. The number of likely N-dealkylation sites (tertiary alicyclic amines) is 1. The summed E-state index contributed by atoms with van der Waals surface area (Å²) in [6.07, 6.45) is 1.87. The zero-order chi connectivity index (χ0) is 16.4. The van der Waals surface area contributed by atoms with Gasteiger partial charge in [-0.05, 0) is 43.3 Å². The maximum absolute atomic E-state index is 5.55. The van der Waals surface area contributed by atoms with Crippen molar-refractivity contribution in [3.05, 3.63) is 66.1 Å². The molecule has 2 aromatic heterocycles. The molecule has 1 aliphatic heterocycles. The van der Waals surface area contributed by atoms with E-state index in [0.717, 1.165) is 42.0 Å². The number of aromatic nitrogens is 2. The first-order chi connectivity index (χ1) is 11.8. The Morgan fingerprint density at radius 2 is 2.04 bits per heavy atom. The third-order valence-electron chi connectivity index (χ3n) is 4.48. The fourth-order valence-electron chi connectivity index (χ4n) is 3.22. The van der Waals surface area contributed by atoms with E-state index in [0.29, 0.717) is 12.5 Å². The van der Waals surface area contributed by atoms with Gasteiger partial charge in [-0.1, -0.05) is 12.1 Å². The Kier molecular flexibility index (Phi) is 4.13. The summed E-state index contributed by atoms with van der Waals surface area (Å²) in [5.41, 5.74) is 3.34. The van der Waals surface area contributed by atoms with Gasteiger partial charge >= 0.3 is 0 Å². The first-order valence-corrected chi connectivity index (χ1v) is 8.47. The molecule has 0 unspecified atom stereocenters. The SMILES string of the molecule is CCOc1ccc2nc(CN3CC(c4ccccn4)C3)ccc2c1. The molecule has 3 aromatic rings. The third-order valence-corrected chi connectivity index (χ3v) is 4.48. The fourth-order valence-corrected chi connectivity index (χ4v) is 3.22. The number of rotatable bonds is 5. The van der Waals surface area contributed by atoms with Crippen LogP contribution in [0.1, 0.15) is 24.2 Å². The molecule has 1 aliphatic rings. The molecule has 3 heterocycles. The number of nitrogens with zero attached hydrogens (tertiary/aromatic N) is 3. The highest BCUT2D eigenvalue weighted by atomic mass is 16.5. The average Bonchev–Trinajstić information content (AvgIpc) is 2.59. The van der Waals surface area contributed by atoms with E-state index < -0.39 is 0 Å². The highest BCUT2D eigenvalue weighted by Crippen LogP contribution is 2.27. The summed E-state index contributed by atoms with van der Waals surface area (Å²) in [4.78, 5) is 11.7. The van der Waals surface area contributed by atoms with Gasteiger partial charge in [0.15, 0.2) is 0 Å². The smallest absolute Gasteiger partial charge is 0.120 e. The van der Waals surface area contributed by atoms with E-state index in [1.807, 2.05) is 31.3 Å². The van der Waals surface area contributed by atoms with E-state index in [-0.39, 0.29) is 0 Å². The zero-order valence-electron chi connectivity index (χ0n) is 13.9. The maximum atomic E-state index is 5.55. The van der Waals surface area contributed by atoms with Gasteiger partial charge in [0.05, 0.1) is 17.8 Å². The number of ether oxygens (including phenoxy) is 1. The van der Waals surface area contributed by atoms with Gasteiger partial charge in [-0.25, -0.2) is 0 Å². The summed E-state index contributed by atoms with van der Waals surface area (Å²) < 4.78 is 5.55. The molecule has 0 amide bonds. The van der Waals surface area contributed by atoms with E-state index in [1.54, 1.807) is 0 Å². The zero-order valence-corrected chi connectivity index (χ0v) is 13.9. The Morgan fingerprint density at radius 3 is 2.83 bits per heavy atom. The number of benzene rings is 1. The average molecular weight is 319 g/mol. The minimum atomic E-state index is 0.556. The summed E-state index contributed by atoms with van der Waals surface area (Å²) >= 11 is 0. The molecule has 24 heavy (non-hydrogen) atoms. The van der Waals surface area contributed by atoms with Gasteiger partial charge in [0.1, 0.15) is 5.75 Å². The summed E-state index contributed by atoms with van der Waals surface area (Å²) in [7, 11) is 0. The standard InChI is InChI=1S/C20H21N3O/c1-2-24-18-8-9-20-15(11-18)6-7-17(22-20)14-23-12-16(13-23)19-5-3-4-10-21-19/h3-11,16H,2,12-14H2,1H3. The highest BCUT2D eigenvalue weighted by Gasteiger charge is 2.28. The third kappa shape index (κ3) is 3.10. The monoisotopic (exact) mass is 319 g/mol. The number of hydrogen-bond donors (Lipinski definition) is 0. The molecule has 0 saturated carbocycles. The van der Waals surface area contributed by atoms with Gasteiger partial charge in [-0.2, -0.15) is 0 Å². The normalized spacial score (nSPS) is 15.4. The van der Waals surface area contributed by atoms with Crippen LogP contribution in [0.15, 0.2) is 54.7 Å². The van der Waals surface area contributed by atoms with Gasteiger partial charge < -0.3 is 4.74 Å². The molecular formula is C20H21N3O. The molecule has 122 valence electrons. The van der Waals surface area contributed by atoms with Crippen LogP contribution in [0.5, 0.6) is 5.75 Å². The summed E-state index contributed by atoms with van der Waals surface area (Å²) in [6.45, 7) is 5.69. The van der Waals surface area contributed by atoms with E-state index in [4.69, 9.17) is 9.72 Å². The van der Waals surface area contributed by atoms with Crippen molar-refractivity contribution < 1.29 is 4.74 Å². The molecular weight excluding hydrogens is 298 g/mol. The molecule has 1 aromatic carbocycles. The summed E-state index contributed by atoms with van der Waals surface area (Å²) in [5.74, 6) is 1.46. The van der Waals surface area contributed by atoms with Crippen molar-refractivity contribution in [2.75, 3.05) is 19.7 Å². The second-order valence-electron chi connectivity index (χ2n) is 6.24. The van der Waals surface area contributed by atoms with E-state index in [1.165, 1.54) is 5.69 Å². The Hall–Kier alpha value is -2.46. The molecule has 4 rings (SSSR count). The number of fused-ring (bicyclic) bond motifs is 1. The van der Waals surface area contributed by atoms with Gasteiger partial charge in [0.2, 0.25) is 0 Å². The molecule has 0 N–H and O–H groups in total. The van der Waals surface area contributed by atoms with Gasteiger partial charge in [-0.3, -0.25) is 14.9 Å². The van der Waals surface area contributed by atoms with Crippen LogP contribution >= 0.6 is 0 Å². The topological polar surface area (TPSA) is 38.2 Å². The van der Waals surface area contributed by atoms with Crippen LogP contribution in [0.3, 0.4) is 0 Å². The predicted octanol–water partition coefficient (Wildman–Crippen LogP) is 3.63. The van der Waals surface area contributed by atoms with Crippen LogP contribution in [0.4, 0.5) is 0 Å². The lowest BCUT2D eigenvalue weighted by atomic mass is 9.95. The lowest BCUT2D eigenvalue weighted by Crippen LogP contribution is -2.44. The number of hydrogen-bond acceptors (Lipinski definition) is 4. The van der Waals surface area contributed by atoms with Crippen LogP contribution in [0, 0.1) is 0 Å². The molecule has 1 saturated heterocycles. The molecule has 0 aliphatic carbocycles. The van der Waals surface area contributed by atoms with Crippen molar-refractivity contribution in [3.8, 4) is 5.75 Å². The minimum Gasteiger partial charge on any atom is -0.494 e. The Morgan fingerprint density at radius 1 is 1.12 bits per heavy atom. The Balaban J connectivity index is 1.41. The summed E-state index contributed by atoms with van der Waals surface area (Å²) in [5, 5.41) is 1.12. The second kappa shape index (κ2) is 6.57. The largest absolute Gasteiger partial charge is 0.494 e. The quantitative estimate of drug-likeness (QED) is 0.720. The molecule has 0 atom stereocenters. The minimum absolute atomic E-state index is 0.556. The van der Waals surface area contributed by atoms with E-state index in [9.17, 15) is 0 Å². The first-order valence-electron chi connectivity index (χ1n) is 8.47. The van der Waals surface area contributed by atoms with Crippen LogP contribution in [0.25, 0.3) is 10.9 Å². The van der Waals surface area contributed by atoms with Crippen LogP contribution in [-0.4, -0.2) is 34.6 Å². The van der Waals surface area contributed by atoms with Crippen LogP contribution < -0.4 is 4.74 Å². The molecule has 0 spiro atoms. The molecule has 0 bridgehead atoms. The van der Waals surface area contributed by atoms with Crippen molar-refractivity contribution in [2.24, 2.45) is 0 Å². The Labute approximate surface area is 142 Å². The van der Waals surface area contributed by atoms with Gasteiger partial charge in [0.25, 0.3) is 0 Å². The maximum Gasteiger partial charge on any atom is 0.120 e. The van der Waals surface area contributed by atoms with E-state index in [2.05, 4.69) is 40.2 Å². The van der Waals surface area contributed by atoms with Crippen molar-refractivity contribution in [1.29, 1.82) is 0 Å². The van der Waals surface area contributed by atoms with E-state index >= 15 is 0 Å². The molecule has 0 radical (unpaired) electrons. The van der Waals surface area contributed by atoms with Crippen LogP contribution in [-0.2, 0) is 6.54 Å². The van der Waals surface area contributed by atoms with Crippen molar-refractivity contribution in [3.63, 3.8) is 0 Å². The molecule has 1 fully saturated rings. The van der Waals surface area contributed by atoms with Gasteiger partial charge in [-0.15, -0.1) is 0 Å². The van der Waals surface area contributed by atoms with Crippen molar-refractivity contribution >= 4 is 10.9 Å².